The van der Waals surface area contributed by atoms with Crippen LogP contribution in [-0.2, 0) is 14.4 Å². The van der Waals surface area contributed by atoms with Crippen LogP contribution in [0.15, 0.2) is 60.2 Å². The second-order valence-electron chi connectivity index (χ2n) is 9.19. The van der Waals surface area contributed by atoms with Crippen molar-refractivity contribution in [2.24, 2.45) is 0 Å². The number of nitrogens with zero attached hydrogens (tertiary/aromatic N) is 1. The Morgan fingerprint density at radius 1 is 0.950 bits per heavy atom. The van der Waals surface area contributed by atoms with E-state index in [1.165, 1.54) is 12.1 Å². The van der Waals surface area contributed by atoms with Crippen molar-refractivity contribution in [3.05, 3.63) is 87.4 Å². The number of rotatable bonds is 8. The first-order valence-electron chi connectivity index (χ1n) is 12.5. The van der Waals surface area contributed by atoms with Crippen LogP contribution in [0.1, 0.15) is 29.2 Å². The Morgan fingerprint density at radius 2 is 1.73 bits per heavy atom. The summed E-state index contributed by atoms with van der Waals surface area (Å²) in [7, 11) is 0. The minimum absolute atomic E-state index is 0.231. The summed E-state index contributed by atoms with van der Waals surface area (Å²) in [5, 5.41) is 5.39. The van der Waals surface area contributed by atoms with Crippen molar-refractivity contribution in [1.29, 1.82) is 0 Å². The molecule has 0 spiro atoms. The topological polar surface area (TPSA) is 114 Å². The minimum Gasteiger partial charge on any atom is -0.490 e. The van der Waals surface area contributed by atoms with Crippen LogP contribution in [0.4, 0.5) is 16.2 Å². The molecular formula is C30H28ClN3O6. The van der Waals surface area contributed by atoms with E-state index in [1.807, 2.05) is 32.0 Å². The van der Waals surface area contributed by atoms with E-state index in [0.717, 1.165) is 21.6 Å². The van der Waals surface area contributed by atoms with E-state index in [1.54, 1.807) is 44.2 Å². The molecule has 5 amide bonds. The van der Waals surface area contributed by atoms with Gasteiger partial charge in [0.2, 0.25) is 0 Å². The van der Waals surface area contributed by atoms with Crippen LogP contribution < -0.4 is 25.0 Å². The van der Waals surface area contributed by atoms with E-state index in [0.29, 0.717) is 34.4 Å². The van der Waals surface area contributed by atoms with Gasteiger partial charge in [0.1, 0.15) is 5.57 Å². The molecule has 3 aromatic rings. The Hall–Kier alpha value is -4.63. The summed E-state index contributed by atoms with van der Waals surface area (Å²) >= 11 is 6.18. The Labute approximate surface area is 236 Å². The zero-order valence-electron chi connectivity index (χ0n) is 22.5. The van der Waals surface area contributed by atoms with Crippen molar-refractivity contribution in [3.63, 3.8) is 0 Å². The van der Waals surface area contributed by atoms with Gasteiger partial charge in [0.15, 0.2) is 18.1 Å². The Kier molecular flexibility index (Phi) is 8.55. The summed E-state index contributed by atoms with van der Waals surface area (Å²) in [6.45, 7) is 7.51. The van der Waals surface area contributed by atoms with Crippen LogP contribution in [0.2, 0.25) is 5.02 Å². The van der Waals surface area contributed by atoms with Gasteiger partial charge in [-0.1, -0.05) is 41.4 Å². The van der Waals surface area contributed by atoms with Crippen LogP contribution in [0.5, 0.6) is 11.5 Å². The van der Waals surface area contributed by atoms with E-state index in [4.69, 9.17) is 21.1 Å². The van der Waals surface area contributed by atoms with Crippen LogP contribution >= 0.6 is 11.6 Å². The van der Waals surface area contributed by atoms with Crippen LogP contribution in [0.3, 0.4) is 0 Å². The van der Waals surface area contributed by atoms with Crippen LogP contribution in [-0.4, -0.2) is 37.0 Å². The van der Waals surface area contributed by atoms with Gasteiger partial charge < -0.3 is 14.8 Å². The summed E-state index contributed by atoms with van der Waals surface area (Å²) in [6.07, 6.45) is 1.35. The number of imide groups is 2. The largest absolute Gasteiger partial charge is 0.490 e. The molecule has 0 unspecified atom stereocenters. The number of hydrogen-bond acceptors (Lipinski definition) is 6. The number of urea groups is 1. The number of barbiturate groups is 1. The molecule has 1 aliphatic rings. The fourth-order valence-electron chi connectivity index (χ4n) is 4.06. The highest BCUT2D eigenvalue weighted by Crippen LogP contribution is 2.31. The average molecular weight is 562 g/mol. The normalized spacial score (nSPS) is 14.3. The minimum atomic E-state index is -0.870. The van der Waals surface area contributed by atoms with Crippen molar-refractivity contribution in [3.8, 4) is 11.5 Å². The molecule has 0 aliphatic carbocycles. The molecule has 9 nitrogen and oxygen atoms in total. The van der Waals surface area contributed by atoms with E-state index < -0.39 is 17.8 Å². The number of anilines is 2. The van der Waals surface area contributed by atoms with Gasteiger partial charge in [0.05, 0.1) is 12.3 Å². The molecule has 0 radical (unpaired) electrons. The lowest BCUT2D eigenvalue weighted by molar-refractivity contribution is -0.122. The third-order valence-electron chi connectivity index (χ3n) is 6.11. The fourth-order valence-corrected chi connectivity index (χ4v) is 4.24. The lowest BCUT2D eigenvalue weighted by Crippen LogP contribution is -2.54. The van der Waals surface area contributed by atoms with Gasteiger partial charge in [-0.2, -0.15) is 0 Å². The molecule has 40 heavy (non-hydrogen) atoms. The second-order valence-corrected chi connectivity index (χ2v) is 9.59. The molecule has 10 heteroatoms. The van der Waals surface area contributed by atoms with Gasteiger partial charge in [-0.15, -0.1) is 0 Å². The van der Waals surface area contributed by atoms with E-state index in [2.05, 4.69) is 10.6 Å². The average Bonchev–Trinajstić information content (AvgIpc) is 2.90. The lowest BCUT2D eigenvalue weighted by atomic mass is 10.1. The first-order valence-corrected chi connectivity index (χ1v) is 12.9. The highest BCUT2D eigenvalue weighted by atomic mass is 35.5. The number of benzene rings is 3. The molecule has 0 saturated carbocycles. The molecule has 206 valence electrons. The number of carbonyl (C=O) groups is 4. The highest BCUT2D eigenvalue weighted by molar-refractivity contribution is 6.39. The molecule has 1 saturated heterocycles. The summed E-state index contributed by atoms with van der Waals surface area (Å²) in [4.78, 5) is 51.7. The zero-order chi connectivity index (χ0) is 29.0. The summed E-state index contributed by atoms with van der Waals surface area (Å²) < 4.78 is 11.4. The molecule has 1 aliphatic heterocycles. The summed E-state index contributed by atoms with van der Waals surface area (Å²) in [5.41, 5.74) is 3.93. The van der Waals surface area contributed by atoms with Gasteiger partial charge in [0, 0.05) is 10.7 Å². The maximum Gasteiger partial charge on any atom is 0.335 e. The van der Waals surface area contributed by atoms with Crippen molar-refractivity contribution in [2.45, 2.75) is 27.7 Å². The van der Waals surface area contributed by atoms with Gasteiger partial charge in [-0.3, -0.25) is 19.7 Å². The lowest BCUT2D eigenvalue weighted by Gasteiger charge is -2.26. The maximum absolute atomic E-state index is 13.2. The summed E-state index contributed by atoms with van der Waals surface area (Å²) in [5.74, 6) is -1.34. The van der Waals surface area contributed by atoms with E-state index in [9.17, 15) is 19.2 Å². The third-order valence-corrected chi connectivity index (χ3v) is 6.52. The molecule has 0 aromatic heterocycles. The van der Waals surface area contributed by atoms with Crippen LogP contribution in [0.25, 0.3) is 6.08 Å². The smallest absolute Gasteiger partial charge is 0.335 e. The highest BCUT2D eigenvalue weighted by Gasteiger charge is 2.37. The second kappa shape index (κ2) is 12.0. The van der Waals surface area contributed by atoms with Gasteiger partial charge in [0.25, 0.3) is 17.7 Å². The summed E-state index contributed by atoms with van der Waals surface area (Å²) in [6, 6.07) is 14.3. The Morgan fingerprint density at radius 3 is 2.42 bits per heavy atom. The number of hydrogen-bond donors (Lipinski definition) is 2. The SMILES string of the molecule is CCOc1cc(/C=C2\C(=O)NC(=O)N(c3ccc(C)c(Cl)c3)C2=O)ccc1OCC(=O)Nc1ccc(C)cc1C. The Bertz CT molecular complexity index is 1550. The molecule has 4 rings (SSSR count). The monoisotopic (exact) mass is 561 g/mol. The predicted octanol–water partition coefficient (Wildman–Crippen LogP) is 5.35. The zero-order valence-corrected chi connectivity index (χ0v) is 23.2. The Balaban J connectivity index is 1.54. The van der Waals surface area contributed by atoms with Crippen molar-refractivity contribution >= 4 is 52.8 Å². The number of ether oxygens (including phenoxy) is 2. The molecular weight excluding hydrogens is 534 g/mol. The van der Waals surface area contributed by atoms with Crippen LogP contribution in [0, 0.1) is 20.8 Å². The number of nitrogens with one attached hydrogen (secondary N) is 2. The molecule has 0 bridgehead atoms. The third kappa shape index (κ3) is 6.32. The first-order chi connectivity index (χ1) is 19.1. The fraction of sp³-hybridized carbons (Fsp3) is 0.200. The van der Waals surface area contributed by atoms with E-state index in [-0.39, 0.29) is 23.8 Å². The van der Waals surface area contributed by atoms with Crippen molar-refractivity contribution in [2.75, 3.05) is 23.4 Å². The standard InChI is InChI=1S/C30H28ClN3O6/c1-5-39-26-14-20(8-11-25(26)40-16-27(35)32-24-10-6-17(2)12-19(24)4)13-22-28(36)33-30(38)34(29(22)37)21-9-7-18(3)23(31)15-21/h6-15H,5,16H2,1-4H3,(H,32,35)(H,33,36,38)/b22-13+. The van der Waals surface area contributed by atoms with Gasteiger partial charge >= 0.3 is 6.03 Å². The predicted molar refractivity (Wildman–Crippen MR) is 153 cm³/mol. The molecule has 1 fully saturated rings. The van der Waals surface area contributed by atoms with Crippen molar-refractivity contribution < 1.29 is 28.7 Å². The maximum atomic E-state index is 13.2. The first kappa shape index (κ1) is 28.4. The molecule has 3 aromatic carbocycles. The van der Waals surface area contributed by atoms with Gasteiger partial charge in [-0.05, 0) is 80.8 Å². The number of amides is 5. The van der Waals surface area contributed by atoms with Crippen molar-refractivity contribution in [1.82, 2.24) is 5.32 Å². The van der Waals surface area contributed by atoms with Gasteiger partial charge in [-0.25, -0.2) is 9.69 Å². The molecule has 2 N–H and O–H groups in total. The van der Waals surface area contributed by atoms with E-state index >= 15 is 0 Å². The number of aryl methyl sites for hydroxylation is 3. The quantitative estimate of drug-likeness (QED) is 0.283. The number of carbonyl (C=O) groups excluding carboxylic acids is 4. The molecule has 0 atom stereocenters. The molecule has 1 heterocycles. The number of halogens is 1.